The number of carbonyl (C=O) groups is 2. The molecule has 3 rings (SSSR count). The summed E-state index contributed by atoms with van der Waals surface area (Å²) in [4.78, 5) is 29.9. The van der Waals surface area contributed by atoms with E-state index < -0.39 is 0 Å². The molecule has 1 aromatic heterocycles. The van der Waals surface area contributed by atoms with Crippen LogP contribution in [0, 0.1) is 6.92 Å². The Kier molecular flexibility index (Phi) is 4.01. The van der Waals surface area contributed by atoms with Crippen molar-refractivity contribution in [1.29, 1.82) is 0 Å². The number of methoxy groups -OCH3 is 1. The van der Waals surface area contributed by atoms with E-state index >= 15 is 0 Å². The number of nitrogens with one attached hydrogen (secondary N) is 1. The molecule has 0 bridgehead atoms. The predicted molar refractivity (Wildman–Crippen MR) is 82.5 cm³/mol. The van der Waals surface area contributed by atoms with E-state index in [9.17, 15) is 9.59 Å². The second kappa shape index (κ2) is 6.12. The minimum Gasteiger partial charge on any atom is -0.497 e. The van der Waals surface area contributed by atoms with Gasteiger partial charge >= 0.3 is 0 Å². The molecule has 1 fully saturated rings. The first-order chi connectivity index (χ1) is 11.1. The topological polar surface area (TPSA) is 84.7 Å². The summed E-state index contributed by atoms with van der Waals surface area (Å²) in [6.45, 7) is 2.08. The number of oxazole rings is 1. The Morgan fingerprint density at radius 3 is 3.00 bits per heavy atom. The van der Waals surface area contributed by atoms with Gasteiger partial charge in [0.15, 0.2) is 12.1 Å². The van der Waals surface area contributed by atoms with Gasteiger partial charge in [-0.05, 0) is 19.1 Å². The van der Waals surface area contributed by atoms with Crippen LogP contribution in [0.25, 0.3) is 0 Å². The van der Waals surface area contributed by atoms with Gasteiger partial charge in [-0.25, -0.2) is 4.98 Å². The van der Waals surface area contributed by atoms with Crippen molar-refractivity contribution in [2.24, 2.45) is 0 Å². The number of hydrogen-bond donors (Lipinski definition) is 1. The highest BCUT2D eigenvalue weighted by Gasteiger charge is 2.32. The number of hydrogen-bond acceptors (Lipinski definition) is 5. The van der Waals surface area contributed by atoms with Crippen LogP contribution in [-0.4, -0.2) is 36.5 Å². The lowest BCUT2D eigenvalue weighted by Crippen LogP contribution is -2.37. The minimum absolute atomic E-state index is 0.0413. The molecule has 1 aromatic carbocycles. The Hall–Kier alpha value is -2.83. The lowest BCUT2D eigenvalue weighted by Gasteiger charge is -2.17. The number of carbonyl (C=O) groups excluding carboxylic acids is 2. The fraction of sp³-hybridized carbons (Fsp3) is 0.312. The Labute approximate surface area is 133 Å². The fourth-order valence-electron chi connectivity index (χ4n) is 2.61. The predicted octanol–water partition coefficient (Wildman–Crippen LogP) is 1.53. The number of nitrogens with zero attached hydrogens (tertiary/aromatic N) is 2. The number of amides is 2. The highest BCUT2D eigenvalue weighted by molar-refractivity contribution is 5.98. The van der Waals surface area contributed by atoms with Gasteiger partial charge in [-0.15, -0.1) is 0 Å². The van der Waals surface area contributed by atoms with Crippen LogP contribution in [0.1, 0.15) is 22.7 Å². The van der Waals surface area contributed by atoms with E-state index in [2.05, 4.69) is 10.3 Å². The van der Waals surface area contributed by atoms with Gasteiger partial charge in [0.25, 0.3) is 5.91 Å². The first-order valence-electron chi connectivity index (χ1n) is 7.24. The molecule has 0 radical (unpaired) electrons. The molecular weight excluding hydrogens is 298 g/mol. The van der Waals surface area contributed by atoms with Crippen LogP contribution in [0.3, 0.4) is 0 Å². The molecule has 1 saturated heterocycles. The van der Waals surface area contributed by atoms with Crippen LogP contribution < -0.4 is 15.0 Å². The summed E-state index contributed by atoms with van der Waals surface area (Å²) in [7, 11) is 1.58. The van der Waals surface area contributed by atoms with Gasteiger partial charge in [0.1, 0.15) is 11.5 Å². The van der Waals surface area contributed by atoms with Crippen molar-refractivity contribution in [2.45, 2.75) is 19.4 Å². The van der Waals surface area contributed by atoms with E-state index in [1.807, 2.05) is 18.2 Å². The summed E-state index contributed by atoms with van der Waals surface area (Å²) < 4.78 is 10.2. The number of aromatic nitrogens is 1. The molecule has 1 atom stereocenters. The summed E-state index contributed by atoms with van der Waals surface area (Å²) in [6.07, 6.45) is 1.48. The molecule has 2 aromatic rings. The van der Waals surface area contributed by atoms with E-state index in [0.717, 1.165) is 5.69 Å². The molecule has 1 aliphatic rings. The number of benzene rings is 1. The van der Waals surface area contributed by atoms with Crippen molar-refractivity contribution < 1.29 is 18.7 Å². The first-order valence-corrected chi connectivity index (χ1v) is 7.24. The molecule has 1 N–H and O–H groups in total. The average molecular weight is 315 g/mol. The van der Waals surface area contributed by atoms with Crippen LogP contribution >= 0.6 is 0 Å². The molecule has 23 heavy (non-hydrogen) atoms. The smallest absolute Gasteiger partial charge is 0.273 e. The second-order valence-electron chi connectivity index (χ2n) is 5.34. The van der Waals surface area contributed by atoms with Crippen LogP contribution in [0.4, 0.5) is 5.69 Å². The zero-order valence-corrected chi connectivity index (χ0v) is 12.9. The van der Waals surface area contributed by atoms with Crippen LogP contribution in [-0.2, 0) is 4.79 Å². The van der Waals surface area contributed by atoms with Gasteiger partial charge in [0, 0.05) is 24.7 Å². The molecule has 2 heterocycles. The average Bonchev–Trinajstić information content (AvgIpc) is 3.13. The van der Waals surface area contributed by atoms with Gasteiger partial charge in [-0.1, -0.05) is 6.07 Å². The van der Waals surface area contributed by atoms with Crippen LogP contribution in [0.5, 0.6) is 5.75 Å². The third-order valence-corrected chi connectivity index (χ3v) is 3.79. The normalized spacial score (nSPS) is 17.4. The van der Waals surface area contributed by atoms with Gasteiger partial charge in [-0.2, -0.15) is 0 Å². The molecule has 0 saturated carbocycles. The molecule has 120 valence electrons. The minimum atomic E-state index is -0.332. The van der Waals surface area contributed by atoms with Crippen LogP contribution in [0.15, 0.2) is 35.1 Å². The lowest BCUT2D eigenvalue weighted by molar-refractivity contribution is -0.117. The molecular formula is C16H17N3O4. The molecule has 2 amide bonds. The Morgan fingerprint density at radius 1 is 1.48 bits per heavy atom. The van der Waals surface area contributed by atoms with E-state index in [0.29, 0.717) is 18.1 Å². The van der Waals surface area contributed by atoms with Gasteiger partial charge in [0.2, 0.25) is 5.91 Å². The summed E-state index contributed by atoms with van der Waals surface area (Å²) in [5.74, 6) is 0.763. The SMILES string of the molecule is COc1cccc(N2CC(NC(=O)c3ncoc3C)CC2=O)c1. The largest absolute Gasteiger partial charge is 0.497 e. The molecule has 7 nitrogen and oxygen atoms in total. The van der Waals surface area contributed by atoms with E-state index in [1.54, 1.807) is 25.0 Å². The highest BCUT2D eigenvalue weighted by Crippen LogP contribution is 2.25. The maximum absolute atomic E-state index is 12.2. The third-order valence-electron chi connectivity index (χ3n) is 3.79. The Balaban J connectivity index is 1.70. The maximum Gasteiger partial charge on any atom is 0.273 e. The number of anilines is 1. The maximum atomic E-state index is 12.2. The van der Waals surface area contributed by atoms with Crippen molar-refractivity contribution in [3.63, 3.8) is 0 Å². The van der Waals surface area contributed by atoms with Gasteiger partial charge < -0.3 is 19.4 Å². The van der Waals surface area contributed by atoms with E-state index in [1.165, 1.54) is 6.39 Å². The summed E-state index contributed by atoms with van der Waals surface area (Å²) in [5, 5.41) is 2.83. The lowest BCUT2D eigenvalue weighted by atomic mass is 10.2. The Morgan fingerprint density at radius 2 is 2.30 bits per heavy atom. The van der Waals surface area contributed by atoms with E-state index in [-0.39, 0.29) is 30.0 Å². The van der Waals surface area contributed by atoms with Crippen molar-refractivity contribution >= 4 is 17.5 Å². The van der Waals surface area contributed by atoms with Crippen molar-refractivity contribution in [2.75, 3.05) is 18.6 Å². The number of rotatable bonds is 4. The second-order valence-corrected chi connectivity index (χ2v) is 5.34. The van der Waals surface area contributed by atoms with Crippen molar-refractivity contribution in [3.8, 4) is 5.75 Å². The van der Waals surface area contributed by atoms with Crippen LogP contribution in [0.2, 0.25) is 0 Å². The summed E-state index contributed by atoms with van der Waals surface area (Å²) >= 11 is 0. The molecule has 7 heteroatoms. The Bertz CT molecular complexity index is 740. The zero-order valence-electron chi connectivity index (χ0n) is 12.9. The summed E-state index contributed by atoms with van der Waals surface area (Å²) in [6, 6.07) is 7.01. The number of ether oxygens (including phenoxy) is 1. The zero-order chi connectivity index (χ0) is 16.4. The molecule has 0 aliphatic carbocycles. The monoisotopic (exact) mass is 315 g/mol. The van der Waals surface area contributed by atoms with Crippen molar-refractivity contribution in [3.05, 3.63) is 42.1 Å². The molecule has 1 aliphatic heterocycles. The third kappa shape index (κ3) is 3.03. The quantitative estimate of drug-likeness (QED) is 0.925. The van der Waals surface area contributed by atoms with Gasteiger partial charge in [-0.3, -0.25) is 9.59 Å². The number of aryl methyl sites for hydroxylation is 1. The fourth-order valence-corrected chi connectivity index (χ4v) is 2.61. The molecule has 0 spiro atoms. The first kappa shape index (κ1) is 15.1. The summed E-state index contributed by atoms with van der Waals surface area (Å²) in [5.41, 5.74) is 1.00. The molecule has 1 unspecified atom stereocenters. The van der Waals surface area contributed by atoms with Crippen molar-refractivity contribution in [1.82, 2.24) is 10.3 Å². The van der Waals surface area contributed by atoms with E-state index in [4.69, 9.17) is 9.15 Å². The highest BCUT2D eigenvalue weighted by atomic mass is 16.5. The van der Waals surface area contributed by atoms with Gasteiger partial charge in [0.05, 0.1) is 13.2 Å². The standard InChI is InChI=1S/C16H17N3O4/c1-10-15(17-9-23-10)16(21)18-11-6-14(20)19(8-11)12-4-3-5-13(7-12)22-2/h3-5,7,9,11H,6,8H2,1-2H3,(H,18,21).